The molecule has 5 nitrogen and oxygen atoms in total. The molecule has 30 heavy (non-hydrogen) atoms. The first-order valence-corrected chi connectivity index (χ1v) is 10.5. The number of fused-ring (bicyclic) bond motifs is 3. The van der Waals surface area contributed by atoms with E-state index < -0.39 is 0 Å². The van der Waals surface area contributed by atoms with Gasteiger partial charge in [0.2, 0.25) is 0 Å². The molecule has 2 heterocycles. The van der Waals surface area contributed by atoms with Gasteiger partial charge in [-0.3, -0.25) is 9.69 Å². The molecule has 4 rings (SSSR count). The number of carbonyl (C=O) groups excluding carboxylic acids is 1. The molecule has 156 valence electrons. The van der Waals surface area contributed by atoms with Crippen LogP contribution < -0.4 is 9.47 Å². The Morgan fingerprint density at radius 3 is 2.83 bits per heavy atom. The van der Waals surface area contributed by atoms with Crippen LogP contribution in [0.2, 0.25) is 0 Å². The highest BCUT2D eigenvalue weighted by molar-refractivity contribution is 5.85. The van der Waals surface area contributed by atoms with Gasteiger partial charge in [-0.05, 0) is 42.2 Å². The molecule has 1 atom stereocenters. The molecule has 1 unspecified atom stereocenters. The zero-order valence-electron chi connectivity index (χ0n) is 17.8. The fourth-order valence-electron chi connectivity index (χ4n) is 4.40. The predicted octanol–water partition coefficient (Wildman–Crippen LogP) is 5.12. The zero-order chi connectivity index (χ0) is 21.1. The van der Waals surface area contributed by atoms with Crippen molar-refractivity contribution in [1.29, 1.82) is 0 Å². The maximum absolute atomic E-state index is 11.2. The van der Waals surface area contributed by atoms with E-state index in [2.05, 4.69) is 53.2 Å². The Bertz CT molecular complexity index is 1080. The molecule has 1 aromatic heterocycles. The first kappa shape index (κ1) is 20.2. The maximum Gasteiger partial charge on any atom is 0.308 e. The Morgan fingerprint density at radius 2 is 2.07 bits per heavy atom. The van der Waals surface area contributed by atoms with Crippen LogP contribution >= 0.6 is 0 Å². The lowest BCUT2D eigenvalue weighted by Crippen LogP contribution is -2.35. The number of hydrogen-bond acceptors (Lipinski definition) is 4. The molecular formula is C25H28N2O3. The summed E-state index contributed by atoms with van der Waals surface area (Å²) in [5, 5.41) is 1.36. The molecular weight excluding hydrogens is 376 g/mol. The van der Waals surface area contributed by atoms with Gasteiger partial charge in [0.1, 0.15) is 0 Å². The molecule has 1 aliphatic heterocycles. The number of ether oxygens (including phenoxy) is 2. The minimum absolute atomic E-state index is 0.358. The summed E-state index contributed by atoms with van der Waals surface area (Å²) in [5.74, 6) is 0.638. The molecule has 0 saturated carbocycles. The number of nitrogens with zero attached hydrogens (tertiary/aromatic N) is 1. The van der Waals surface area contributed by atoms with Crippen molar-refractivity contribution in [2.75, 3.05) is 20.2 Å². The van der Waals surface area contributed by atoms with Crippen LogP contribution in [0.3, 0.4) is 0 Å². The lowest BCUT2D eigenvalue weighted by atomic mass is 9.96. The Kier molecular flexibility index (Phi) is 5.91. The largest absolute Gasteiger partial charge is 0.493 e. The molecule has 3 aromatic rings. The molecule has 0 radical (unpaired) electrons. The Balaban J connectivity index is 1.49. The van der Waals surface area contributed by atoms with E-state index in [0.29, 0.717) is 17.5 Å². The molecule has 0 fully saturated rings. The van der Waals surface area contributed by atoms with Crippen molar-refractivity contribution in [2.24, 2.45) is 0 Å². The molecule has 0 saturated heterocycles. The fraction of sp³-hybridized carbons (Fsp3) is 0.320. The van der Waals surface area contributed by atoms with Gasteiger partial charge in [0.05, 0.1) is 13.2 Å². The summed E-state index contributed by atoms with van der Waals surface area (Å²) in [6.45, 7) is 5.56. The molecule has 2 aromatic carbocycles. The molecule has 0 aliphatic carbocycles. The maximum atomic E-state index is 11.2. The summed E-state index contributed by atoms with van der Waals surface area (Å²) >= 11 is 0. The van der Waals surface area contributed by atoms with Gasteiger partial charge in [-0.1, -0.05) is 43.3 Å². The summed E-state index contributed by atoms with van der Waals surface area (Å²) in [6.07, 6.45) is 6.41. The Morgan fingerprint density at radius 1 is 1.23 bits per heavy atom. The lowest BCUT2D eigenvalue weighted by Gasteiger charge is -2.34. The highest BCUT2D eigenvalue weighted by Gasteiger charge is 2.28. The quantitative estimate of drug-likeness (QED) is 0.457. The number of hydrogen-bond donors (Lipinski definition) is 1. The van der Waals surface area contributed by atoms with Crippen molar-refractivity contribution in [1.82, 2.24) is 9.88 Å². The van der Waals surface area contributed by atoms with E-state index in [1.165, 1.54) is 29.1 Å². The minimum atomic E-state index is -0.358. The first-order valence-electron chi connectivity index (χ1n) is 10.5. The Labute approximate surface area is 177 Å². The average Bonchev–Trinajstić information content (AvgIpc) is 3.12. The third-order valence-corrected chi connectivity index (χ3v) is 5.75. The first-order chi connectivity index (χ1) is 14.6. The molecule has 1 aliphatic rings. The summed E-state index contributed by atoms with van der Waals surface area (Å²) < 4.78 is 10.5. The second-order valence-electron chi connectivity index (χ2n) is 7.64. The van der Waals surface area contributed by atoms with Gasteiger partial charge in [-0.15, -0.1) is 0 Å². The number of esters is 1. The SMILES string of the molecule is CCC1c2[nH]c3ccccc3c2CCN1CC=Cc1ccc(OC(C)=O)c(OC)c1. The number of benzene rings is 2. The van der Waals surface area contributed by atoms with Crippen molar-refractivity contribution < 1.29 is 14.3 Å². The number of methoxy groups -OCH3 is 1. The normalized spacial score (nSPS) is 16.7. The smallest absolute Gasteiger partial charge is 0.308 e. The summed E-state index contributed by atoms with van der Waals surface area (Å²) in [7, 11) is 1.58. The van der Waals surface area contributed by atoms with Crippen LogP contribution in [0, 0.1) is 0 Å². The van der Waals surface area contributed by atoms with Gasteiger partial charge in [0.25, 0.3) is 0 Å². The Hall–Kier alpha value is -3.05. The summed E-state index contributed by atoms with van der Waals surface area (Å²) in [4.78, 5) is 17.4. The van der Waals surface area contributed by atoms with Crippen LogP contribution in [-0.4, -0.2) is 36.1 Å². The molecule has 0 bridgehead atoms. The molecule has 0 amide bonds. The van der Waals surface area contributed by atoms with E-state index in [4.69, 9.17) is 9.47 Å². The van der Waals surface area contributed by atoms with E-state index in [0.717, 1.165) is 31.5 Å². The van der Waals surface area contributed by atoms with Crippen molar-refractivity contribution in [3.63, 3.8) is 0 Å². The van der Waals surface area contributed by atoms with Crippen LogP contribution in [0.1, 0.15) is 43.1 Å². The van der Waals surface area contributed by atoms with E-state index in [1.807, 2.05) is 12.1 Å². The number of nitrogens with one attached hydrogen (secondary N) is 1. The van der Waals surface area contributed by atoms with Crippen LogP contribution in [0.15, 0.2) is 48.5 Å². The van der Waals surface area contributed by atoms with Crippen molar-refractivity contribution in [3.05, 3.63) is 65.4 Å². The third-order valence-electron chi connectivity index (χ3n) is 5.75. The van der Waals surface area contributed by atoms with Gasteiger partial charge in [0, 0.05) is 36.6 Å². The summed E-state index contributed by atoms with van der Waals surface area (Å²) in [5.41, 5.74) is 5.09. The van der Waals surface area contributed by atoms with E-state index in [9.17, 15) is 4.79 Å². The van der Waals surface area contributed by atoms with Crippen molar-refractivity contribution in [2.45, 2.75) is 32.7 Å². The van der Waals surface area contributed by atoms with Crippen molar-refractivity contribution >= 4 is 22.9 Å². The van der Waals surface area contributed by atoms with Gasteiger partial charge in [-0.2, -0.15) is 0 Å². The molecule has 0 spiro atoms. The third kappa shape index (κ3) is 3.98. The van der Waals surface area contributed by atoms with Gasteiger partial charge >= 0.3 is 5.97 Å². The van der Waals surface area contributed by atoms with Crippen LogP contribution in [0.5, 0.6) is 11.5 Å². The second kappa shape index (κ2) is 8.76. The van der Waals surface area contributed by atoms with Gasteiger partial charge in [-0.25, -0.2) is 0 Å². The number of carbonyl (C=O) groups is 1. The van der Waals surface area contributed by atoms with Gasteiger partial charge < -0.3 is 14.5 Å². The van der Waals surface area contributed by atoms with E-state index in [-0.39, 0.29) is 5.97 Å². The average molecular weight is 405 g/mol. The van der Waals surface area contributed by atoms with Crippen LogP contribution in [0.4, 0.5) is 0 Å². The number of H-pyrrole nitrogens is 1. The molecule has 1 N–H and O–H groups in total. The van der Waals surface area contributed by atoms with E-state index >= 15 is 0 Å². The topological polar surface area (TPSA) is 54.6 Å². The van der Waals surface area contributed by atoms with Crippen LogP contribution in [0.25, 0.3) is 17.0 Å². The van der Waals surface area contributed by atoms with Crippen LogP contribution in [-0.2, 0) is 11.2 Å². The summed E-state index contributed by atoms with van der Waals surface area (Å²) in [6, 6.07) is 14.6. The van der Waals surface area contributed by atoms with E-state index in [1.54, 1.807) is 13.2 Å². The number of rotatable bonds is 6. The number of para-hydroxylation sites is 1. The predicted molar refractivity (Wildman–Crippen MR) is 120 cm³/mol. The highest BCUT2D eigenvalue weighted by Crippen LogP contribution is 2.36. The second-order valence-corrected chi connectivity index (χ2v) is 7.64. The number of aromatic nitrogens is 1. The van der Waals surface area contributed by atoms with Gasteiger partial charge in [0.15, 0.2) is 11.5 Å². The minimum Gasteiger partial charge on any atom is -0.493 e. The fourth-order valence-corrected chi connectivity index (χ4v) is 4.40. The standard InChI is InChI=1S/C25H28N2O3/c1-4-22-25-20(19-9-5-6-10-21(19)26-25)13-15-27(22)14-7-8-18-11-12-23(30-17(2)28)24(16-18)29-3/h5-12,16,22,26H,4,13-15H2,1-3H3. The monoisotopic (exact) mass is 404 g/mol. The highest BCUT2D eigenvalue weighted by atomic mass is 16.6. The van der Waals surface area contributed by atoms with Crippen molar-refractivity contribution in [3.8, 4) is 11.5 Å². The number of aromatic amines is 1. The molecule has 5 heteroatoms. The zero-order valence-corrected chi connectivity index (χ0v) is 17.8. The lowest BCUT2D eigenvalue weighted by molar-refractivity contribution is -0.132.